The first-order chi connectivity index (χ1) is 17.5. The molecule has 3 saturated heterocycles. The molecule has 188 valence electrons. The number of carbonyl (C=O) groups excluding carboxylic acids is 3. The summed E-state index contributed by atoms with van der Waals surface area (Å²) in [6, 6.07) is 10.6. The number of urea groups is 1. The fourth-order valence-electron chi connectivity index (χ4n) is 5.91. The van der Waals surface area contributed by atoms with Crippen molar-refractivity contribution in [2.75, 3.05) is 24.7 Å². The number of Topliss-reactive ketones (excluding diaryl/α,β-unsaturated/α-hetero) is 1. The van der Waals surface area contributed by atoms with E-state index >= 15 is 0 Å². The van der Waals surface area contributed by atoms with Crippen LogP contribution in [-0.4, -0.2) is 69.1 Å². The Morgan fingerprint density at radius 2 is 1.65 bits per heavy atom. The van der Waals surface area contributed by atoms with E-state index in [2.05, 4.69) is 0 Å². The van der Waals surface area contributed by atoms with Gasteiger partial charge in [-0.25, -0.2) is 19.4 Å². The number of ketones is 1. The lowest BCUT2D eigenvalue weighted by Gasteiger charge is -2.32. The van der Waals surface area contributed by atoms with E-state index in [1.165, 1.54) is 12.1 Å². The fraction of sp³-hybridized carbons (Fsp3) is 0.240. The fourth-order valence-corrected chi connectivity index (χ4v) is 5.91. The minimum Gasteiger partial charge on any atom is -0.287 e. The molecular formula is C25H19F3N4O5+2. The molecule has 0 radical (unpaired) electrons. The highest BCUT2D eigenvalue weighted by Crippen LogP contribution is 2.46. The second-order valence-corrected chi connectivity index (χ2v) is 9.46. The molecule has 3 aliphatic heterocycles. The average Bonchev–Trinajstić information content (AvgIpc) is 3.50. The van der Waals surface area contributed by atoms with Crippen LogP contribution < -0.4 is 4.90 Å². The van der Waals surface area contributed by atoms with Gasteiger partial charge in [-0.15, -0.1) is 0 Å². The number of benzene rings is 3. The Morgan fingerprint density at radius 1 is 0.973 bits per heavy atom. The van der Waals surface area contributed by atoms with Crippen LogP contribution in [0.4, 0.5) is 29.3 Å². The molecule has 3 unspecified atom stereocenters. The Labute approximate surface area is 207 Å². The van der Waals surface area contributed by atoms with Gasteiger partial charge < -0.3 is 0 Å². The molecule has 1 spiro atoms. The summed E-state index contributed by atoms with van der Waals surface area (Å²) in [6.45, 7) is 0.585. The molecule has 3 aromatic carbocycles. The normalized spacial score (nSPS) is 26.7. The molecule has 0 aromatic heterocycles. The predicted molar refractivity (Wildman–Crippen MR) is 122 cm³/mol. The lowest BCUT2D eigenvalue weighted by molar-refractivity contribution is -0.852. The van der Waals surface area contributed by atoms with Gasteiger partial charge in [0, 0.05) is 17.0 Å². The second-order valence-electron chi connectivity index (χ2n) is 9.46. The zero-order valence-corrected chi connectivity index (χ0v) is 19.1. The van der Waals surface area contributed by atoms with E-state index in [4.69, 9.17) is 0 Å². The lowest BCUT2D eigenvalue weighted by atomic mass is 9.98. The molecule has 3 heterocycles. The Kier molecular flexibility index (Phi) is 4.82. The Morgan fingerprint density at radius 3 is 2.30 bits per heavy atom. The number of hydrogen-bond donors (Lipinski definition) is 1. The van der Waals surface area contributed by atoms with Crippen LogP contribution in [-0.2, 0) is 11.0 Å². The molecule has 0 saturated carbocycles. The van der Waals surface area contributed by atoms with Crippen molar-refractivity contribution in [3.63, 3.8) is 0 Å². The summed E-state index contributed by atoms with van der Waals surface area (Å²) in [5.74, 6) is -1.01. The largest absolute Gasteiger partial charge is 0.433 e. The Hall–Kier alpha value is -4.16. The molecule has 12 heteroatoms. The summed E-state index contributed by atoms with van der Waals surface area (Å²) in [4.78, 5) is 55.3. The molecule has 6 rings (SSSR count). The highest BCUT2D eigenvalue weighted by Gasteiger charge is 2.73. The van der Waals surface area contributed by atoms with Crippen molar-refractivity contribution < 1.29 is 42.2 Å². The van der Waals surface area contributed by atoms with Gasteiger partial charge in [-0.3, -0.25) is 9.59 Å². The molecule has 3 amide bonds. The number of fused-ring (bicyclic) bond motifs is 2. The monoisotopic (exact) mass is 512 g/mol. The first kappa shape index (κ1) is 23.3. The number of imide groups is 1. The molecule has 9 nitrogen and oxygen atoms in total. The quantitative estimate of drug-likeness (QED) is 0.247. The molecular weight excluding hydrogens is 493 g/mol. The third-order valence-corrected chi connectivity index (χ3v) is 7.59. The summed E-state index contributed by atoms with van der Waals surface area (Å²) in [7, 11) is 0. The van der Waals surface area contributed by atoms with E-state index in [1.54, 1.807) is 24.3 Å². The van der Waals surface area contributed by atoms with E-state index in [-0.39, 0.29) is 41.6 Å². The van der Waals surface area contributed by atoms with Crippen LogP contribution in [0.1, 0.15) is 15.9 Å². The number of hydrogen-bond acceptors (Lipinski definition) is 5. The van der Waals surface area contributed by atoms with Crippen molar-refractivity contribution in [2.24, 2.45) is 0 Å². The van der Waals surface area contributed by atoms with Gasteiger partial charge in [0.25, 0.3) is 10.8 Å². The summed E-state index contributed by atoms with van der Waals surface area (Å²) in [5.41, 5.74) is -0.699. The Balaban J connectivity index is 1.41. The van der Waals surface area contributed by atoms with Crippen LogP contribution in [0.3, 0.4) is 0 Å². The van der Waals surface area contributed by atoms with Gasteiger partial charge in [0.15, 0.2) is 12.1 Å². The van der Waals surface area contributed by atoms with Crippen LogP contribution in [0.2, 0.25) is 0 Å². The van der Waals surface area contributed by atoms with E-state index in [1.807, 2.05) is 4.90 Å². The van der Waals surface area contributed by atoms with Crippen molar-refractivity contribution in [3.05, 3.63) is 76.7 Å². The maximum atomic E-state index is 14.0. The highest BCUT2D eigenvalue weighted by molar-refractivity contribution is 6.23. The van der Waals surface area contributed by atoms with Crippen molar-refractivity contribution in [3.8, 4) is 0 Å². The molecule has 2 bridgehead atoms. The highest BCUT2D eigenvalue weighted by atomic mass is 19.4. The maximum Gasteiger partial charge on any atom is 0.433 e. The average molecular weight is 512 g/mol. The molecule has 37 heavy (non-hydrogen) atoms. The van der Waals surface area contributed by atoms with E-state index < -0.39 is 46.0 Å². The topological polar surface area (TPSA) is 98.0 Å². The smallest absolute Gasteiger partial charge is 0.287 e. The summed E-state index contributed by atoms with van der Waals surface area (Å²) >= 11 is 0. The van der Waals surface area contributed by atoms with E-state index in [0.29, 0.717) is 10.8 Å². The number of amides is 3. The van der Waals surface area contributed by atoms with Gasteiger partial charge in [-0.05, 0) is 24.3 Å². The van der Waals surface area contributed by atoms with Gasteiger partial charge in [0.05, 0.1) is 34.6 Å². The third kappa shape index (κ3) is 3.15. The zero-order chi connectivity index (χ0) is 26.3. The molecule has 3 aliphatic rings. The number of nitrogens with zero attached hydrogens (tertiary/aromatic N) is 4. The first-order valence-corrected chi connectivity index (χ1v) is 11.4. The van der Waals surface area contributed by atoms with Gasteiger partial charge in [0.1, 0.15) is 6.67 Å². The summed E-state index contributed by atoms with van der Waals surface area (Å²) in [6.07, 6.45) is -4.55. The van der Waals surface area contributed by atoms with Gasteiger partial charge in [-0.2, -0.15) is 18.1 Å². The summed E-state index contributed by atoms with van der Waals surface area (Å²) in [5, 5.41) is 10.2. The van der Waals surface area contributed by atoms with Crippen LogP contribution in [0, 0.1) is 4.91 Å². The van der Waals surface area contributed by atoms with Crippen LogP contribution >= 0.6 is 0 Å². The number of rotatable bonds is 4. The summed E-state index contributed by atoms with van der Waals surface area (Å²) < 4.78 is 38.5. The van der Waals surface area contributed by atoms with Gasteiger partial charge in [0.2, 0.25) is 5.78 Å². The molecule has 3 aromatic rings. The number of anilines is 1. The van der Waals surface area contributed by atoms with Crippen molar-refractivity contribution >= 4 is 39.9 Å². The van der Waals surface area contributed by atoms with Crippen LogP contribution in [0.25, 0.3) is 10.8 Å². The first-order valence-electron chi connectivity index (χ1n) is 11.4. The van der Waals surface area contributed by atoms with Crippen molar-refractivity contribution in [1.29, 1.82) is 0 Å². The van der Waals surface area contributed by atoms with E-state index in [0.717, 1.165) is 29.2 Å². The Bertz CT molecular complexity index is 1520. The number of halogens is 3. The van der Waals surface area contributed by atoms with Crippen molar-refractivity contribution in [1.82, 2.24) is 4.90 Å². The molecule has 3 fully saturated rings. The number of quaternary nitrogens is 1. The van der Waals surface area contributed by atoms with Crippen molar-refractivity contribution in [2.45, 2.75) is 18.3 Å². The predicted octanol–water partition coefficient (Wildman–Crippen LogP) is 3.85. The van der Waals surface area contributed by atoms with Gasteiger partial charge >= 0.3 is 17.9 Å². The standard InChI is InChI=1S/C25H19F3N4O5/c26-25(27,28)15-7-5-14(6-8-15)22(33)20-11-29-12-21-23(34)30(24(35)32(20,21)13-29)18-9-10-19(31(36)37)17-4-2-1-3-16(17)18/h1-10,20-21H,11-13H2,(H,36,37)/q+2. The molecule has 4 atom stereocenters. The molecule has 0 aliphatic carbocycles. The minimum atomic E-state index is -4.55. The van der Waals surface area contributed by atoms with E-state index in [9.17, 15) is 37.7 Å². The number of carbonyl (C=O) groups is 3. The van der Waals surface area contributed by atoms with Crippen LogP contribution in [0.15, 0.2) is 60.7 Å². The maximum absolute atomic E-state index is 14.0. The molecule has 1 N–H and O–H groups in total. The second kappa shape index (κ2) is 7.67. The third-order valence-electron chi connectivity index (χ3n) is 7.59. The lowest BCUT2D eigenvalue weighted by Crippen LogP contribution is -2.62. The zero-order valence-electron chi connectivity index (χ0n) is 19.1. The van der Waals surface area contributed by atoms with Gasteiger partial charge in [-0.1, -0.05) is 30.3 Å². The minimum absolute atomic E-state index is 0.0324. The SMILES string of the molecule is O=C(c1ccc(C(F)(F)F)cc1)C1C[N@@]2CC3C(=O)N(c4ccc([N+](=O)O)c5ccccc45)C(=O)[N+]13C2. The number of alkyl halides is 3. The number of piperazine rings is 1. The van der Waals surface area contributed by atoms with Crippen LogP contribution in [0.5, 0.6) is 0 Å².